The van der Waals surface area contributed by atoms with E-state index in [-0.39, 0.29) is 11.2 Å². The fraction of sp³-hybridized carbons (Fsp3) is 0.429. The Labute approximate surface area is 166 Å². The normalized spacial score (nSPS) is 12.5. The second-order valence-corrected chi connectivity index (χ2v) is 9.81. The van der Waals surface area contributed by atoms with Crippen molar-refractivity contribution in [1.29, 1.82) is 0 Å². The molecule has 0 saturated heterocycles. The molecule has 0 atom stereocenters. The van der Waals surface area contributed by atoms with Crippen LogP contribution in [0.4, 0.5) is 8.78 Å². The van der Waals surface area contributed by atoms with Gasteiger partial charge in [0.1, 0.15) is 11.6 Å². The zero-order chi connectivity index (χ0) is 20.8. The summed E-state index contributed by atoms with van der Waals surface area (Å²) >= 11 is 0. The number of sulfonamides is 1. The molecular weight excluding hydrogens is 384 g/mol. The van der Waals surface area contributed by atoms with E-state index in [0.717, 1.165) is 0 Å². The van der Waals surface area contributed by atoms with E-state index in [4.69, 9.17) is 4.74 Å². The highest BCUT2D eigenvalue weighted by Gasteiger charge is 2.21. The molecule has 154 valence electrons. The van der Waals surface area contributed by atoms with Gasteiger partial charge in [-0.25, -0.2) is 21.9 Å². The molecule has 0 fully saturated rings. The van der Waals surface area contributed by atoms with Crippen molar-refractivity contribution in [2.24, 2.45) is 5.41 Å². The average Bonchev–Trinajstić information content (AvgIpc) is 2.60. The van der Waals surface area contributed by atoms with Gasteiger partial charge in [0.2, 0.25) is 10.0 Å². The molecule has 0 aromatic heterocycles. The standard InChI is InChI=1S/C21H27F2NO3S/c1-21(2,3)15-27-13-4-14-28(25,26)24-20(16-5-9-18(22)10-6-16)17-7-11-19(23)12-8-17/h5-12,20,24H,4,13-15H2,1-3H3. The molecular formula is C21H27F2NO3S. The minimum atomic E-state index is -3.63. The number of halogens is 2. The van der Waals surface area contributed by atoms with Crippen molar-refractivity contribution < 1.29 is 21.9 Å². The number of nitrogens with one attached hydrogen (secondary N) is 1. The highest BCUT2D eigenvalue weighted by Crippen LogP contribution is 2.24. The van der Waals surface area contributed by atoms with Gasteiger partial charge in [0.25, 0.3) is 0 Å². The van der Waals surface area contributed by atoms with Gasteiger partial charge in [0.15, 0.2) is 0 Å². The van der Waals surface area contributed by atoms with Crippen LogP contribution in [0.25, 0.3) is 0 Å². The van der Waals surface area contributed by atoms with Crippen molar-refractivity contribution in [3.63, 3.8) is 0 Å². The SMILES string of the molecule is CC(C)(C)COCCCS(=O)(=O)NC(c1ccc(F)cc1)c1ccc(F)cc1. The quantitative estimate of drug-likeness (QED) is 0.621. The Morgan fingerprint density at radius 3 is 1.82 bits per heavy atom. The highest BCUT2D eigenvalue weighted by atomic mass is 32.2. The predicted molar refractivity (Wildman–Crippen MR) is 106 cm³/mol. The Morgan fingerprint density at radius 2 is 1.39 bits per heavy atom. The number of ether oxygens (including phenoxy) is 1. The Kier molecular flexibility index (Phi) is 7.69. The maximum Gasteiger partial charge on any atom is 0.212 e. The fourth-order valence-corrected chi connectivity index (χ4v) is 3.85. The summed E-state index contributed by atoms with van der Waals surface area (Å²) in [6.45, 7) is 7.02. The van der Waals surface area contributed by atoms with Gasteiger partial charge < -0.3 is 4.74 Å². The number of hydrogen-bond donors (Lipinski definition) is 1. The molecule has 0 aliphatic rings. The molecule has 2 aromatic rings. The molecule has 2 rings (SSSR count). The summed E-state index contributed by atoms with van der Waals surface area (Å²) in [4.78, 5) is 0. The van der Waals surface area contributed by atoms with E-state index in [0.29, 0.717) is 30.8 Å². The highest BCUT2D eigenvalue weighted by molar-refractivity contribution is 7.89. The van der Waals surface area contributed by atoms with Crippen LogP contribution in [0.15, 0.2) is 48.5 Å². The van der Waals surface area contributed by atoms with Crippen LogP contribution in [0.1, 0.15) is 44.4 Å². The first-order chi connectivity index (χ1) is 13.1. The molecule has 1 N–H and O–H groups in total. The van der Waals surface area contributed by atoms with Crippen LogP contribution in [-0.2, 0) is 14.8 Å². The zero-order valence-corrected chi connectivity index (χ0v) is 17.2. The minimum Gasteiger partial charge on any atom is -0.381 e. The predicted octanol–water partition coefficient (Wildman–Crippen LogP) is 4.43. The summed E-state index contributed by atoms with van der Waals surface area (Å²) in [5, 5.41) is 0. The van der Waals surface area contributed by atoms with Crippen LogP contribution >= 0.6 is 0 Å². The summed E-state index contributed by atoms with van der Waals surface area (Å²) in [6.07, 6.45) is 0.352. The summed E-state index contributed by atoms with van der Waals surface area (Å²) in [5.41, 5.74) is 1.16. The van der Waals surface area contributed by atoms with Gasteiger partial charge in [-0.05, 0) is 47.2 Å². The van der Waals surface area contributed by atoms with Crippen LogP contribution < -0.4 is 4.72 Å². The molecule has 7 heteroatoms. The van der Waals surface area contributed by atoms with E-state index in [9.17, 15) is 17.2 Å². The third-order valence-corrected chi connectivity index (χ3v) is 5.36. The van der Waals surface area contributed by atoms with Crippen molar-refractivity contribution in [2.45, 2.75) is 33.2 Å². The van der Waals surface area contributed by atoms with Crippen molar-refractivity contribution in [3.05, 3.63) is 71.3 Å². The number of rotatable bonds is 9. The third-order valence-electron chi connectivity index (χ3n) is 3.94. The Bertz CT molecular complexity index is 799. The lowest BCUT2D eigenvalue weighted by Crippen LogP contribution is -2.32. The number of benzene rings is 2. The van der Waals surface area contributed by atoms with Crippen LogP contribution in [0.2, 0.25) is 0 Å². The smallest absolute Gasteiger partial charge is 0.212 e. The van der Waals surface area contributed by atoms with Gasteiger partial charge >= 0.3 is 0 Å². The summed E-state index contributed by atoms with van der Waals surface area (Å²) in [7, 11) is -3.63. The van der Waals surface area contributed by atoms with Gasteiger partial charge in [-0.3, -0.25) is 0 Å². The van der Waals surface area contributed by atoms with E-state index in [1.807, 2.05) is 20.8 Å². The molecule has 0 aliphatic carbocycles. The minimum absolute atomic E-state index is 0.0212. The average molecular weight is 412 g/mol. The number of hydrogen-bond acceptors (Lipinski definition) is 3. The monoisotopic (exact) mass is 411 g/mol. The van der Waals surface area contributed by atoms with Crippen LogP contribution in [-0.4, -0.2) is 27.4 Å². The molecule has 0 aliphatic heterocycles. The molecule has 2 aromatic carbocycles. The van der Waals surface area contributed by atoms with Gasteiger partial charge in [-0.1, -0.05) is 45.0 Å². The van der Waals surface area contributed by atoms with Crippen molar-refractivity contribution in [3.8, 4) is 0 Å². The van der Waals surface area contributed by atoms with Gasteiger partial charge in [0.05, 0.1) is 18.4 Å². The summed E-state index contributed by atoms with van der Waals surface area (Å²) in [5.74, 6) is -0.934. The van der Waals surface area contributed by atoms with E-state index in [1.54, 1.807) is 0 Å². The Hall–Kier alpha value is -1.83. The Balaban J connectivity index is 2.08. The molecule has 0 amide bonds. The molecule has 0 spiro atoms. The summed E-state index contributed by atoms with van der Waals surface area (Å²) in [6, 6.07) is 10.4. The van der Waals surface area contributed by atoms with Crippen LogP contribution in [0.5, 0.6) is 0 Å². The first-order valence-corrected chi connectivity index (χ1v) is 10.8. The van der Waals surface area contributed by atoms with E-state index < -0.39 is 27.7 Å². The van der Waals surface area contributed by atoms with E-state index in [2.05, 4.69) is 4.72 Å². The molecule has 0 saturated carbocycles. The Morgan fingerprint density at radius 1 is 0.929 bits per heavy atom. The zero-order valence-electron chi connectivity index (χ0n) is 16.4. The largest absolute Gasteiger partial charge is 0.381 e. The molecule has 0 bridgehead atoms. The van der Waals surface area contributed by atoms with Crippen molar-refractivity contribution >= 4 is 10.0 Å². The molecule has 0 radical (unpaired) electrons. The maximum atomic E-state index is 13.3. The van der Waals surface area contributed by atoms with Crippen LogP contribution in [0.3, 0.4) is 0 Å². The first kappa shape index (κ1) is 22.5. The molecule has 0 unspecified atom stereocenters. The summed E-state index contributed by atoms with van der Waals surface area (Å²) < 4.78 is 59.8. The van der Waals surface area contributed by atoms with Gasteiger partial charge in [0, 0.05) is 6.61 Å². The third kappa shape index (κ3) is 7.66. The first-order valence-electron chi connectivity index (χ1n) is 9.14. The lowest BCUT2D eigenvalue weighted by Gasteiger charge is -2.20. The molecule has 0 heterocycles. The lowest BCUT2D eigenvalue weighted by molar-refractivity contribution is 0.0720. The molecule has 28 heavy (non-hydrogen) atoms. The topological polar surface area (TPSA) is 55.4 Å². The van der Waals surface area contributed by atoms with Gasteiger partial charge in [-0.2, -0.15) is 0 Å². The van der Waals surface area contributed by atoms with Crippen LogP contribution in [0, 0.1) is 17.0 Å². The second-order valence-electron chi connectivity index (χ2n) is 7.94. The van der Waals surface area contributed by atoms with E-state index in [1.165, 1.54) is 48.5 Å². The van der Waals surface area contributed by atoms with Gasteiger partial charge in [-0.15, -0.1) is 0 Å². The van der Waals surface area contributed by atoms with E-state index >= 15 is 0 Å². The van der Waals surface area contributed by atoms with Crippen molar-refractivity contribution in [2.75, 3.05) is 19.0 Å². The molecule has 4 nitrogen and oxygen atoms in total. The second kappa shape index (κ2) is 9.58. The fourth-order valence-electron chi connectivity index (χ4n) is 2.61. The van der Waals surface area contributed by atoms with Crippen molar-refractivity contribution in [1.82, 2.24) is 4.72 Å². The lowest BCUT2D eigenvalue weighted by atomic mass is 9.99. The maximum absolute atomic E-state index is 13.3.